The van der Waals surface area contributed by atoms with Crippen LogP contribution in [0.2, 0.25) is 0 Å². The molecule has 1 atom stereocenters. The molecule has 2 aliphatic rings. The highest BCUT2D eigenvalue weighted by molar-refractivity contribution is 5.75. The second kappa shape index (κ2) is 15.3. The van der Waals surface area contributed by atoms with E-state index in [9.17, 15) is 0 Å². The van der Waals surface area contributed by atoms with E-state index in [4.69, 9.17) is 11.5 Å². The summed E-state index contributed by atoms with van der Waals surface area (Å²) >= 11 is 0. The maximum absolute atomic E-state index is 5.25. The topological polar surface area (TPSA) is 64.4 Å². The Morgan fingerprint density at radius 1 is 0.808 bits per heavy atom. The van der Waals surface area contributed by atoms with Crippen LogP contribution in [0, 0.1) is 11.8 Å². The lowest BCUT2D eigenvalue weighted by atomic mass is 9.76. The summed E-state index contributed by atoms with van der Waals surface area (Å²) in [6, 6.07) is 0.416. The van der Waals surface area contributed by atoms with Gasteiger partial charge in [-0.05, 0) is 24.7 Å². The number of nitrogens with two attached hydrogens (primary N) is 2. The molecule has 3 heteroatoms. The number of guanidine groups is 1. The average molecular weight is 366 g/mol. The normalized spacial score (nSPS) is 20.1. The number of hydrogen-bond donors (Lipinski definition) is 2. The van der Waals surface area contributed by atoms with Crippen LogP contribution in [0.15, 0.2) is 4.99 Å². The predicted molar refractivity (Wildman–Crippen MR) is 116 cm³/mol. The summed E-state index contributed by atoms with van der Waals surface area (Å²) in [5.74, 6) is 2.39. The lowest BCUT2D eigenvalue weighted by Gasteiger charge is -2.29. The Labute approximate surface area is 163 Å². The third kappa shape index (κ3) is 11.1. The number of nitrogens with zero attached hydrogens (tertiary/aromatic N) is 1. The van der Waals surface area contributed by atoms with E-state index in [1.807, 2.05) is 0 Å². The van der Waals surface area contributed by atoms with Crippen LogP contribution in [-0.2, 0) is 0 Å². The van der Waals surface area contributed by atoms with Crippen molar-refractivity contribution in [3.05, 3.63) is 0 Å². The van der Waals surface area contributed by atoms with Crippen molar-refractivity contribution in [2.75, 3.05) is 0 Å². The highest BCUT2D eigenvalue weighted by Gasteiger charge is 2.21. The van der Waals surface area contributed by atoms with Gasteiger partial charge in [0, 0.05) is 0 Å². The molecule has 2 rings (SSSR count). The molecule has 0 saturated heterocycles. The van der Waals surface area contributed by atoms with Crippen LogP contribution < -0.4 is 11.5 Å². The molecule has 0 aromatic rings. The molecule has 1 unspecified atom stereocenters. The minimum absolute atomic E-state index is 0.243. The fraction of sp³-hybridized carbons (Fsp3) is 0.957. The van der Waals surface area contributed by atoms with Crippen molar-refractivity contribution in [1.29, 1.82) is 0 Å². The summed E-state index contributed by atoms with van der Waals surface area (Å²) < 4.78 is 0. The quantitative estimate of drug-likeness (QED) is 0.276. The van der Waals surface area contributed by atoms with Gasteiger partial charge in [-0.2, -0.15) is 0 Å². The Kier molecular flexibility index (Phi) is 13.8. The van der Waals surface area contributed by atoms with Crippen LogP contribution in [-0.4, -0.2) is 12.0 Å². The molecule has 0 radical (unpaired) electrons. The smallest absolute Gasteiger partial charge is 0.186 e. The van der Waals surface area contributed by atoms with Gasteiger partial charge < -0.3 is 11.5 Å². The van der Waals surface area contributed by atoms with Crippen molar-refractivity contribution in [3.63, 3.8) is 0 Å². The van der Waals surface area contributed by atoms with Crippen molar-refractivity contribution in [2.45, 2.75) is 129 Å². The molecule has 0 aliphatic heterocycles. The van der Waals surface area contributed by atoms with Crippen molar-refractivity contribution < 1.29 is 0 Å². The van der Waals surface area contributed by atoms with Gasteiger partial charge in [-0.1, -0.05) is 110 Å². The van der Waals surface area contributed by atoms with Gasteiger partial charge in [0.2, 0.25) is 0 Å². The van der Waals surface area contributed by atoms with Crippen LogP contribution in [0.25, 0.3) is 0 Å². The third-order valence-electron chi connectivity index (χ3n) is 6.43. The van der Waals surface area contributed by atoms with Gasteiger partial charge in [-0.15, -0.1) is 0 Å². The van der Waals surface area contributed by atoms with Crippen molar-refractivity contribution >= 4 is 5.96 Å². The minimum Gasteiger partial charge on any atom is -0.370 e. The van der Waals surface area contributed by atoms with E-state index < -0.39 is 0 Å². The van der Waals surface area contributed by atoms with Gasteiger partial charge in [0.1, 0.15) is 0 Å². The molecular formula is C23H47N3. The van der Waals surface area contributed by atoms with E-state index in [2.05, 4.69) is 18.8 Å². The van der Waals surface area contributed by atoms with Crippen LogP contribution in [0.4, 0.5) is 0 Å². The summed E-state index contributed by atoms with van der Waals surface area (Å²) in [6.07, 6.45) is 24.0. The first kappa shape index (κ1) is 23.3. The highest BCUT2D eigenvalue weighted by Crippen LogP contribution is 2.34. The van der Waals surface area contributed by atoms with E-state index >= 15 is 0 Å². The van der Waals surface area contributed by atoms with Gasteiger partial charge in [0.15, 0.2) is 5.96 Å². The van der Waals surface area contributed by atoms with Crippen molar-refractivity contribution in [1.82, 2.24) is 0 Å². The monoisotopic (exact) mass is 365 g/mol. The van der Waals surface area contributed by atoms with Crippen LogP contribution >= 0.6 is 0 Å². The summed E-state index contributed by atoms with van der Waals surface area (Å²) in [4.78, 5) is 4.11. The molecule has 0 aromatic heterocycles. The largest absolute Gasteiger partial charge is 0.370 e. The predicted octanol–water partition coefficient (Wildman–Crippen LogP) is 6.55. The van der Waals surface area contributed by atoms with E-state index in [-0.39, 0.29) is 5.96 Å². The first-order valence-corrected chi connectivity index (χ1v) is 11.8. The summed E-state index contributed by atoms with van der Waals surface area (Å²) in [5.41, 5.74) is 10.5. The fourth-order valence-electron chi connectivity index (χ4n) is 4.81. The molecule has 0 amide bonds. The fourth-order valence-corrected chi connectivity index (χ4v) is 4.81. The lowest BCUT2D eigenvalue weighted by molar-refractivity contribution is 0.225. The SMILES string of the molecule is CCCCCCCC(CC)C1CCCCC1.NC(N)=NC1CCCCC1. The molecule has 2 fully saturated rings. The number of hydrogen-bond acceptors (Lipinski definition) is 1. The Balaban J connectivity index is 0.000000289. The summed E-state index contributed by atoms with van der Waals surface area (Å²) in [6.45, 7) is 4.71. The van der Waals surface area contributed by atoms with Gasteiger partial charge in [-0.25, -0.2) is 0 Å². The minimum atomic E-state index is 0.243. The van der Waals surface area contributed by atoms with E-state index in [1.165, 1.54) is 96.3 Å². The van der Waals surface area contributed by atoms with Crippen LogP contribution in [0.3, 0.4) is 0 Å². The molecule has 154 valence electrons. The standard InChI is InChI=1S/C16H32.C7H15N3/c1-3-5-6-7-9-12-15(4-2)16-13-10-8-11-14-16;8-7(9)10-6-4-2-1-3-5-6/h15-16H,3-14H2,1-2H3;6H,1-5H2,(H4,8,9,10). The molecule has 0 spiro atoms. The molecule has 0 heterocycles. The lowest BCUT2D eigenvalue weighted by Crippen LogP contribution is -2.26. The second-order valence-corrected chi connectivity index (χ2v) is 8.62. The zero-order valence-electron chi connectivity index (χ0n) is 17.9. The first-order valence-electron chi connectivity index (χ1n) is 11.8. The van der Waals surface area contributed by atoms with Crippen LogP contribution in [0.5, 0.6) is 0 Å². The number of unbranched alkanes of at least 4 members (excludes halogenated alkanes) is 4. The van der Waals surface area contributed by atoms with Gasteiger partial charge >= 0.3 is 0 Å². The van der Waals surface area contributed by atoms with Crippen molar-refractivity contribution in [2.24, 2.45) is 28.3 Å². The Morgan fingerprint density at radius 2 is 1.38 bits per heavy atom. The third-order valence-corrected chi connectivity index (χ3v) is 6.43. The second-order valence-electron chi connectivity index (χ2n) is 8.62. The molecule has 3 nitrogen and oxygen atoms in total. The maximum Gasteiger partial charge on any atom is 0.186 e. The Hall–Kier alpha value is -0.730. The molecular weight excluding hydrogens is 318 g/mol. The van der Waals surface area contributed by atoms with E-state index in [1.54, 1.807) is 0 Å². The zero-order chi connectivity index (χ0) is 19.0. The summed E-state index contributed by atoms with van der Waals surface area (Å²) in [5, 5.41) is 0. The molecule has 0 aromatic carbocycles. The molecule has 2 saturated carbocycles. The van der Waals surface area contributed by atoms with Gasteiger partial charge in [0.25, 0.3) is 0 Å². The Bertz CT molecular complexity index is 337. The summed E-state index contributed by atoms with van der Waals surface area (Å²) in [7, 11) is 0. The molecule has 0 bridgehead atoms. The molecule has 4 N–H and O–H groups in total. The maximum atomic E-state index is 5.25. The zero-order valence-corrected chi connectivity index (χ0v) is 17.9. The van der Waals surface area contributed by atoms with Gasteiger partial charge in [0.05, 0.1) is 6.04 Å². The Morgan fingerprint density at radius 3 is 1.92 bits per heavy atom. The number of aliphatic imine (C=N–C) groups is 1. The molecule has 2 aliphatic carbocycles. The number of rotatable bonds is 9. The van der Waals surface area contributed by atoms with E-state index in [0.29, 0.717) is 6.04 Å². The van der Waals surface area contributed by atoms with Crippen molar-refractivity contribution in [3.8, 4) is 0 Å². The van der Waals surface area contributed by atoms with E-state index in [0.717, 1.165) is 24.7 Å². The average Bonchev–Trinajstić information content (AvgIpc) is 2.66. The van der Waals surface area contributed by atoms with Gasteiger partial charge in [-0.3, -0.25) is 4.99 Å². The van der Waals surface area contributed by atoms with Crippen LogP contribution in [0.1, 0.15) is 123 Å². The highest BCUT2D eigenvalue weighted by atomic mass is 15.0. The molecule has 26 heavy (non-hydrogen) atoms. The first-order chi connectivity index (χ1) is 12.7.